The number of rotatable bonds is 2. The summed E-state index contributed by atoms with van der Waals surface area (Å²) in [6.45, 7) is 1.35. The largest absolute Gasteiger partial charge is 0.478 e. The van der Waals surface area contributed by atoms with Crippen LogP contribution in [0.25, 0.3) is 0 Å². The smallest absolute Gasteiger partial charge is 0.339 e. The van der Waals surface area contributed by atoms with Gasteiger partial charge in [0, 0.05) is 13.1 Å². The van der Waals surface area contributed by atoms with Crippen molar-refractivity contribution in [2.45, 2.75) is 13.1 Å². The summed E-state index contributed by atoms with van der Waals surface area (Å²) in [4.78, 5) is 17.4. The lowest BCUT2D eigenvalue weighted by atomic mass is 10.1. The molecule has 5 nitrogen and oxygen atoms in total. The Labute approximate surface area is 110 Å². The van der Waals surface area contributed by atoms with Crippen LogP contribution < -0.4 is 10.6 Å². The van der Waals surface area contributed by atoms with E-state index in [1.165, 1.54) is 23.4 Å². The SMILES string of the molecule is Nc1cnc(N2Cc3ccccc3C2)c(C(=O)O)c1. The number of fused-ring (bicyclic) bond motifs is 1. The molecule has 0 fully saturated rings. The van der Waals surface area contributed by atoms with Gasteiger partial charge in [0.05, 0.1) is 11.9 Å². The van der Waals surface area contributed by atoms with Gasteiger partial charge in [-0.2, -0.15) is 0 Å². The van der Waals surface area contributed by atoms with E-state index in [1.54, 1.807) is 0 Å². The lowest BCUT2D eigenvalue weighted by Crippen LogP contribution is -2.19. The van der Waals surface area contributed by atoms with E-state index in [9.17, 15) is 9.90 Å². The number of carboxylic acids is 1. The van der Waals surface area contributed by atoms with Crippen LogP contribution in [0.5, 0.6) is 0 Å². The second kappa shape index (κ2) is 4.28. The number of pyridine rings is 1. The van der Waals surface area contributed by atoms with Crippen LogP contribution in [0.4, 0.5) is 11.5 Å². The molecule has 0 radical (unpaired) electrons. The molecule has 1 aromatic heterocycles. The number of nitrogens with zero attached hydrogens (tertiary/aromatic N) is 2. The lowest BCUT2D eigenvalue weighted by Gasteiger charge is -2.18. The van der Waals surface area contributed by atoms with Crippen molar-refractivity contribution in [2.24, 2.45) is 0 Å². The van der Waals surface area contributed by atoms with Gasteiger partial charge in [-0.25, -0.2) is 9.78 Å². The normalized spacial score (nSPS) is 13.4. The molecule has 0 saturated carbocycles. The first-order valence-electron chi connectivity index (χ1n) is 5.95. The Hall–Kier alpha value is -2.56. The van der Waals surface area contributed by atoms with E-state index in [-0.39, 0.29) is 5.56 Å². The van der Waals surface area contributed by atoms with E-state index in [4.69, 9.17) is 5.73 Å². The third-order valence-corrected chi connectivity index (χ3v) is 3.26. The molecule has 2 aromatic rings. The van der Waals surface area contributed by atoms with Crippen LogP contribution in [-0.4, -0.2) is 16.1 Å². The minimum absolute atomic E-state index is 0.146. The summed E-state index contributed by atoms with van der Waals surface area (Å²) >= 11 is 0. The zero-order chi connectivity index (χ0) is 13.4. The van der Waals surface area contributed by atoms with Crippen molar-refractivity contribution in [3.05, 3.63) is 53.2 Å². The fourth-order valence-electron chi connectivity index (χ4n) is 2.37. The molecule has 0 unspecified atom stereocenters. The summed E-state index contributed by atoms with van der Waals surface area (Å²) in [5.41, 5.74) is 8.52. The van der Waals surface area contributed by atoms with Gasteiger partial charge in [0.1, 0.15) is 11.4 Å². The zero-order valence-corrected chi connectivity index (χ0v) is 10.2. The summed E-state index contributed by atoms with van der Waals surface area (Å²) < 4.78 is 0. The Morgan fingerprint density at radius 3 is 2.47 bits per heavy atom. The molecule has 1 aromatic carbocycles. The Morgan fingerprint density at radius 2 is 1.89 bits per heavy atom. The van der Waals surface area contributed by atoms with Crippen molar-refractivity contribution < 1.29 is 9.90 Å². The first-order valence-corrected chi connectivity index (χ1v) is 5.95. The van der Waals surface area contributed by atoms with Gasteiger partial charge in [-0.3, -0.25) is 0 Å². The fourth-order valence-corrected chi connectivity index (χ4v) is 2.37. The summed E-state index contributed by atoms with van der Waals surface area (Å²) in [5.74, 6) is -0.538. The molecule has 1 aliphatic rings. The highest BCUT2D eigenvalue weighted by Gasteiger charge is 2.24. The average Bonchev–Trinajstić information content (AvgIpc) is 2.82. The molecule has 0 saturated heterocycles. The molecule has 3 rings (SSSR count). The van der Waals surface area contributed by atoms with Crippen molar-refractivity contribution >= 4 is 17.5 Å². The number of anilines is 2. The van der Waals surface area contributed by atoms with Gasteiger partial charge < -0.3 is 15.7 Å². The number of aromatic nitrogens is 1. The van der Waals surface area contributed by atoms with E-state index < -0.39 is 5.97 Å². The van der Waals surface area contributed by atoms with Crippen molar-refractivity contribution in [1.29, 1.82) is 0 Å². The Kier molecular flexibility index (Phi) is 2.59. The highest BCUT2D eigenvalue weighted by atomic mass is 16.4. The van der Waals surface area contributed by atoms with E-state index in [0.29, 0.717) is 24.6 Å². The van der Waals surface area contributed by atoms with Crippen molar-refractivity contribution in [3.63, 3.8) is 0 Å². The highest BCUT2D eigenvalue weighted by Crippen LogP contribution is 2.29. The maximum atomic E-state index is 11.3. The van der Waals surface area contributed by atoms with Gasteiger partial charge in [-0.1, -0.05) is 24.3 Å². The van der Waals surface area contributed by atoms with Crippen LogP contribution in [0.1, 0.15) is 21.5 Å². The number of carbonyl (C=O) groups is 1. The minimum atomic E-state index is -1.01. The quantitative estimate of drug-likeness (QED) is 0.856. The van der Waals surface area contributed by atoms with Gasteiger partial charge in [-0.15, -0.1) is 0 Å². The molecule has 5 heteroatoms. The summed E-state index contributed by atoms with van der Waals surface area (Å²) in [6, 6.07) is 9.52. The molecule has 0 amide bonds. The predicted octanol–water partition coefficient (Wildman–Crippen LogP) is 1.88. The predicted molar refractivity (Wildman–Crippen MR) is 71.9 cm³/mol. The fraction of sp³-hybridized carbons (Fsp3) is 0.143. The standard InChI is InChI=1S/C14H13N3O2/c15-11-5-12(14(18)19)13(16-6-11)17-7-9-3-1-2-4-10(9)8-17/h1-6H,7-8,15H2,(H,18,19). The van der Waals surface area contributed by atoms with Crippen LogP contribution in [-0.2, 0) is 13.1 Å². The number of hydrogen-bond acceptors (Lipinski definition) is 4. The minimum Gasteiger partial charge on any atom is -0.478 e. The van der Waals surface area contributed by atoms with Crippen LogP contribution >= 0.6 is 0 Å². The third-order valence-electron chi connectivity index (χ3n) is 3.26. The number of nitrogen functional groups attached to an aromatic ring is 1. The molecule has 0 atom stereocenters. The van der Waals surface area contributed by atoms with E-state index in [2.05, 4.69) is 4.98 Å². The van der Waals surface area contributed by atoms with E-state index in [1.807, 2.05) is 29.2 Å². The molecule has 2 heterocycles. The van der Waals surface area contributed by atoms with Gasteiger partial charge >= 0.3 is 5.97 Å². The van der Waals surface area contributed by atoms with Crippen LogP contribution in [0.15, 0.2) is 36.5 Å². The van der Waals surface area contributed by atoms with Gasteiger partial charge in [0.15, 0.2) is 0 Å². The average molecular weight is 255 g/mol. The van der Waals surface area contributed by atoms with Crippen LogP contribution in [0.2, 0.25) is 0 Å². The summed E-state index contributed by atoms with van der Waals surface area (Å²) in [5, 5.41) is 9.25. The monoisotopic (exact) mass is 255 g/mol. The van der Waals surface area contributed by atoms with Crippen molar-refractivity contribution in [3.8, 4) is 0 Å². The number of hydrogen-bond donors (Lipinski definition) is 2. The Bertz CT molecular complexity index is 630. The number of nitrogens with two attached hydrogens (primary N) is 1. The van der Waals surface area contributed by atoms with Crippen LogP contribution in [0, 0.1) is 0 Å². The number of carboxylic acid groups (broad SMARTS) is 1. The maximum Gasteiger partial charge on any atom is 0.339 e. The Balaban J connectivity index is 1.99. The van der Waals surface area contributed by atoms with Gasteiger partial charge in [0.2, 0.25) is 0 Å². The van der Waals surface area contributed by atoms with Crippen molar-refractivity contribution in [1.82, 2.24) is 4.98 Å². The molecule has 96 valence electrons. The molecule has 0 bridgehead atoms. The first-order chi connectivity index (χ1) is 9.15. The molecule has 0 spiro atoms. The topological polar surface area (TPSA) is 79.5 Å². The number of benzene rings is 1. The summed E-state index contributed by atoms with van der Waals surface area (Å²) in [6.07, 6.45) is 1.49. The molecule has 1 aliphatic heterocycles. The maximum absolute atomic E-state index is 11.3. The second-order valence-electron chi connectivity index (χ2n) is 4.57. The van der Waals surface area contributed by atoms with E-state index >= 15 is 0 Å². The van der Waals surface area contributed by atoms with E-state index in [0.717, 1.165) is 0 Å². The Morgan fingerprint density at radius 1 is 1.26 bits per heavy atom. The van der Waals surface area contributed by atoms with Gasteiger partial charge in [0.25, 0.3) is 0 Å². The first kappa shape index (κ1) is 11.5. The highest BCUT2D eigenvalue weighted by molar-refractivity contribution is 5.94. The second-order valence-corrected chi connectivity index (χ2v) is 4.57. The lowest BCUT2D eigenvalue weighted by molar-refractivity contribution is 0.0697. The van der Waals surface area contributed by atoms with Crippen LogP contribution in [0.3, 0.4) is 0 Å². The van der Waals surface area contributed by atoms with Gasteiger partial charge in [-0.05, 0) is 17.2 Å². The molecular weight excluding hydrogens is 242 g/mol. The molecule has 19 heavy (non-hydrogen) atoms. The number of aromatic carboxylic acids is 1. The molecule has 3 N–H and O–H groups in total. The molecule has 0 aliphatic carbocycles. The third kappa shape index (κ3) is 1.99. The summed E-state index contributed by atoms with van der Waals surface area (Å²) in [7, 11) is 0. The zero-order valence-electron chi connectivity index (χ0n) is 10.2. The molecular formula is C14H13N3O2. The van der Waals surface area contributed by atoms with Crippen molar-refractivity contribution in [2.75, 3.05) is 10.6 Å².